The van der Waals surface area contributed by atoms with Crippen molar-refractivity contribution in [2.75, 3.05) is 0 Å². The maximum Gasteiger partial charge on any atom is 0.417 e. The van der Waals surface area contributed by atoms with Crippen molar-refractivity contribution in [2.45, 2.75) is 6.18 Å². The van der Waals surface area contributed by atoms with E-state index in [2.05, 4.69) is 15.0 Å². The summed E-state index contributed by atoms with van der Waals surface area (Å²) in [5.41, 5.74) is 0.449. The van der Waals surface area contributed by atoms with Crippen LogP contribution < -0.4 is 9.47 Å². The van der Waals surface area contributed by atoms with Crippen molar-refractivity contribution in [3.63, 3.8) is 0 Å². The summed E-state index contributed by atoms with van der Waals surface area (Å²) in [5.74, 6) is 1.23. The van der Waals surface area contributed by atoms with Crippen LogP contribution in [0.25, 0.3) is 11.0 Å². The van der Waals surface area contributed by atoms with Crippen molar-refractivity contribution in [1.29, 1.82) is 0 Å². The molecule has 9 heteroatoms. The Morgan fingerprint density at radius 1 is 0.724 bits per heavy atom. The number of benzene rings is 2. The highest BCUT2D eigenvalue weighted by molar-refractivity contribution is 6.31. The number of nitrogens with zero attached hydrogens (tertiary/aromatic N) is 3. The van der Waals surface area contributed by atoms with E-state index < -0.39 is 11.7 Å². The first-order valence-corrected chi connectivity index (χ1v) is 8.66. The predicted octanol–water partition coefficient (Wildman–Crippen LogP) is 6.28. The molecule has 0 aliphatic carbocycles. The molecule has 0 aliphatic heterocycles. The van der Waals surface area contributed by atoms with Gasteiger partial charge in [0, 0.05) is 17.3 Å². The fraction of sp³-hybridized carbons (Fsp3) is 0.0500. The van der Waals surface area contributed by atoms with Crippen LogP contribution in [0.1, 0.15) is 5.56 Å². The molecule has 2 aromatic heterocycles. The summed E-state index contributed by atoms with van der Waals surface area (Å²) in [4.78, 5) is 12.3. The number of alkyl halides is 3. The van der Waals surface area contributed by atoms with E-state index in [4.69, 9.17) is 21.1 Å². The normalized spacial score (nSPS) is 11.4. The molecule has 0 aliphatic rings. The Kier molecular flexibility index (Phi) is 4.94. The average Bonchev–Trinajstić information content (AvgIpc) is 2.69. The maximum absolute atomic E-state index is 12.6. The molecular weight excluding hydrogens is 407 g/mol. The van der Waals surface area contributed by atoms with Gasteiger partial charge in [0.15, 0.2) is 0 Å². The summed E-state index contributed by atoms with van der Waals surface area (Å²) in [6, 6.07) is 13.7. The Balaban J connectivity index is 1.44. The standard InChI is InChI=1S/C20H11ClF3N3O2/c21-13-2-7-16-17(9-13)25-11-19(27-16)29-15-5-3-14(4-6-15)28-18-8-1-12(10-26-18)20(22,23)24/h1-11H. The lowest BCUT2D eigenvalue weighted by Crippen LogP contribution is -2.05. The number of hydrogen-bond acceptors (Lipinski definition) is 5. The van der Waals surface area contributed by atoms with Crippen molar-refractivity contribution in [3.05, 3.63) is 77.6 Å². The molecule has 4 rings (SSSR count). The van der Waals surface area contributed by atoms with E-state index in [1.807, 2.05) is 0 Å². The first kappa shape index (κ1) is 18.9. The molecule has 0 saturated carbocycles. The van der Waals surface area contributed by atoms with Gasteiger partial charge in [0.05, 0.1) is 22.8 Å². The molecule has 0 atom stereocenters. The molecule has 0 fully saturated rings. The van der Waals surface area contributed by atoms with Gasteiger partial charge in [-0.1, -0.05) is 11.6 Å². The summed E-state index contributed by atoms with van der Waals surface area (Å²) in [6.45, 7) is 0. The Morgan fingerprint density at radius 3 is 2.03 bits per heavy atom. The number of rotatable bonds is 4. The summed E-state index contributed by atoms with van der Waals surface area (Å²) in [7, 11) is 0. The van der Waals surface area contributed by atoms with Crippen molar-refractivity contribution in [3.8, 4) is 23.3 Å². The number of fused-ring (bicyclic) bond motifs is 1. The Bertz CT molecular complexity index is 1150. The van der Waals surface area contributed by atoms with Gasteiger partial charge in [-0.25, -0.2) is 15.0 Å². The number of aromatic nitrogens is 3. The molecular formula is C20H11ClF3N3O2. The van der Waals surface area contributed by atoms with Crippen LogP contribution in [0.5, 0.6) is 23.3 Å². The lowest BCUT2D eigenvalue weighted by Gasteiger charge is -2.09. The molecule has 0 unspecified atom stereocenters. The predicted molar refractivity (Wildman–Crippen MR) is 100 cm³/mol. The number of pyridine rings is 1. The van der Waals surface area contributed by atoms with Crippen LogP contribution in [0.4, 0.5) is 13.2 Å². The highest BCUT2D eigenvalue weighted by Crippen LogP contribution is 2.30. The zero-order valence-electron chi connectivity index (χ0n) is 14.5. The van der Waals surface area contributed by atoms with E-state index in [-0.39, 0.29) is 5.88 Å². The van der Waals surface area contributed by atoms with Crippen LogP contribution in [0.3, 0.4) is 0 Å². The topological polar surface area (TPSA) is 57.1 Å². The van der Waals surface area contributed by atoms with Crippen LogP contribution >= 0.6 is 11.6 Å². The number of ether oxygens (including phenoxy) is 2. The van der Waals surface area contributed by atoms with E-state index in [9.17, 15) is 13.2 Å². The molecule has 0 radical (unpaired) electrons. The second kappa shape index (κ2) is 7.56. The van der Waals surface area contributed by atoms with Crippen LogP contribution in [0.2, 0.25) is 5.02 Å². The third-order valence-corrected chi connectivity index (χ3v) is 4.05. The Labute approximate surface area is 167 Å². The smallest absolute Gasteiger partial charge is 0.417 e. The van der Waals surface area contributed by atoms with Crippen LogP contribution in [-0.2, 0) is 6.18 Å². The average molecular weight is 418 g/mol. The molecule has 0 spiro atoms. The first-order chi connectivity index (χ1) is 13.9. The van der Waals surface area contributed by atoms with Gasteiger partial charge in [0.1, 0.15) is 11.5 Å². The van der Waals surface area contributed by atoms with Gasteiger partial charge in [-0.2, -0.15) is 13.2 Å². The minimum absolute atomic E-state index is 0.0470. The number of hydrogen-bond donors (Lipinski definition) is 0. The first-order valence-electron chi connectivity index (χ1n) is 8.28. The second-order valence-electron chi connectivity index (χ2n) is 5.90. The fourth-order valence-electron chi connectivity index (χ4n) is 2.44. The Morgan fingerprint density at radius 2 is 1.41 bits per heavy atom. The van der Waals surface area contributed by atoms with E-state index >= 15 is 0 Å². The van der Waals surface area contributed by atoms with Crippen LogP contribution in [-0.4, -0.2) is 15.0 Å². The quantitative estimate of drug-likeness (QED) is 0.391. The zero-order chi connectivity index (χ0) is 20.4. The molecule has 2 aromatic carbocycles. The van der Waals surface area contributed by atoms with Crippen LogP contribution in [0, 0.1) is 0 Å². The molecule has 5 nitrogen and oxygen atoms in total. The van der Waals surface area contributed by atoms with Gasteiger partial charge in [-0.15, -0.1) is 0 Å². The molecule has 0 amide bonds. The van der Waals surface area contributed by atoms with E-state index in [0.717, 1.165) is 18.3 Å². The summed E-state index contributed by atoms with van der Waals surface area (Å²) in [6.07, 6.45) is -2.24. The molecule has 2 heterocycles. The van der Waals surface area contributed by atoms with E-state index in [0.29, 0.717) is 33.4 Å². The lowest BCUT2D eigenvalue weighted by atomic mass is 10.3. The van der Waals surface area contributed by atoms with Crippen molar-refractivity contribution in [1.82, 2.24) is 15.0 Å². The molecule has 0 saturated heterocycles. The molecule has 4 aromatic rings. The van der Waals surface area contributed by atoms with Gasteiger partial charge >= 0.3 is 6.18 Å². The highest BCUT2D eigenvalue weighted by Gasteiger charge is 2.30. The van der Waals surface area contributed by atoms with Crippen molar-refractivity contribution in [2.24, 2.45) is 0 Å². The van der Waals surface area contributed by atoms with Crippen molar-refractivity contribution >= 4 is 22.6 Å². The van der Waals surface area contributed by atoms with Crippen molar-refractivity contribution < 1.29 is 22.6 Å². The summed E-state index contributed by atoms with van der Waals surface area (Å²) in [5, 5.41) is 0.568. The van der Waals surface area contributed by atoms with Gasteiger partial charge < -0.3 is 9.47 Å². The highest BCUT2D eigenvalue weighted by atomic mass is 35.5. The van der Waals surface area contributed by atoms with Gasteiger partial charge in [-0.05, 0) is 48.5 Å². The molecule has 146 valence electrons. The molecule has 29 heavy (non-hydrogen) atoms. The van der Waals surface area contributed by atoms with Gasteiger partial charge in [0.25, 0.3) is 0 Å². The molecule has 0 bridgehead atoms. The maximum atomic E-state index is 12.6. The van der Waals surface area contributed by atoms with Crippen LogP contribution in [0.15, 0.2) is 67.0 Å². The zero-order valence-corrected chi connectivity index (χ0v) is 15.3. The minimum Gasteiger partial charge on any atom is -0.439 e. The third kappa shape index (κ3) is 4.55. The van der Waals surface area contributed by atoms with E-state index in [1.165, 1.54) is 6.20 Å². The SMILES string of the molecule is FC(F)(F)c1ccc(Oc2ccc(Oc3cnc4cc(Cl)ccc4n3)cc2)nc1. The lowest BCUT2D eigenvalue weighted by molar-refractivity contribution is -0.137. The Hall–Kier alpha value is -3.39. The van der Waals surface area contributed by atoms with E-state index in [1.54, 1.807) is 42.5 Å². The number of halogens is 4. The minimum atomic E-state index is -4.44. The fourth-order valence-corrected chi connectivity index (χ4v) is 2.61. The summed E-state index contributed by atoms with van der Waals surface area (Å²) < 4.78 is 48.8. The van der Waals surface area contributed by atoms with Gasteiger partial charge in [-0.3, -0.25) is 0 Å². The monoisotopic (exact) mass is 417 g/mol. The third-order valence-electron chi connectivity index (χ3n) is 3.81. The largest absolute Gasteiger partial charge is 0.439 e. The van der Waals surface area contributed by atoms with Gasteiger partial charge in [0.2, 0.25) is 11.8 Å². The molecule has 0 N–H and O–H groups in total. The summed E-state index contributed by atoms with van der Waals surface area (Å²) >= 11 is 5.92. The second-order valence-corrected chi connectivity index (χ2v) is 6.34.